The molecular formula is C16H16ClF2N5O2S. The van der Waals surface area contributed by atoms with Crippen molar-refractivity contribution >= 4 is 25.1 Å². The standard InChI is InChI=1S/C16H14ClF2N5O2.H2S/c1-9-6-20-16(21-7-9)25-10(2)13-8-24(23-22-13)11-3-4-12(17)14(5-11)26-15(18)19;/h3-8,10,15H,1-2H3;1H2/t10-;/m0./s1. The van der Waals surface area contributed by atoms with Gasteiger partial charge in [0.15, 0.2) is 0 Å². The fourth-order valence-corrected chi connectivity index (χ4v) is 2.23. The molecule has 0 amide bonds. The molecule has 0 unspecified atom stereocenters. The largest absolute Gasteiger partial charge is 0.454 e. The second-order valence-corrected chi connectivity index (χ2v) is 5.79. The third-order valence-electron chi connectivity index (χ3n) is 3.36. The number of hydrogen-bond acceptors (Lipinski definition) is 6. The van der Waals surface area contributed by atoms with Crippen LogP contribution < -0.4 is 9.47 Å². The molecule has 3 rings (SSSR count). The highest BCUT2D eigenvalue weighted by molar-refractivity contribution is 7.59. The van der Waals surface area contributed by atoms with Crippen LogP contribution in [0.4, 0.5) is 8.78 Å². The topological polar surface area (TPSA) is 75.0 Å². The SMILES string of the molecule is Cc1cnc(O[C@@H](C)c2cn(-c3ccc(Cl)c(OC(F)F)c3)nn2)nc1.S. The predicted octanol–water partition coefficient (Wildman–Crippen LogP) is 3.87. The Labute approximate surface area is 165 Å². The van der Waals surface area contributed by atoms with E-state index < -0.39 is 12.7 Å². The first-order valence-corrected chi connectivity index (χ1v) is 7.92. The first-order valence-electron chi connectivity index (χ1n) is 7.54. The molecule has 0 saturated carbocycles. The lowest BCUT2D eigenvalue weighted by Gasteiger charge is -2.10. The third-order valence-corrected chi connectivity index (χ3v) is 3.67. The lowest BCUT2D eigenvalue weighted by Crippen LogP contribution is -2.06. The van der Waals surface area contributed by atoms with E-state index in [0.29, 0.717) is 11.4 Å². The van der Waals surface area contributed by atoms with Gasteiger partial charge in [0.1, 0.15) is 17.5 Å². The van der Waals surface area contributed by atoms with Crippen molar-refractivity contribution in [3.63, 3.8) is 0 Å². The summed E-state index contributed by atoms with van der Waals surface area (Å²) in [4.78, 5) is 8.13. The summed E-state index contributed by atoms with van der Waals surface area (Å²) in [6.07, 6.45) is 4.43. The van der Waals surface area contributed by atoms with Crippen molar-refractivity contribution in [3.05, 3.63) is 53.1 Å². The Morgan fingerprint density at radius 2 is 1.85 bits per heavy atom. The summed E-state index contributed by atoms with van der Waals surface area (Å²) >= 11 is 5.85. The molecule has 11 heteroatoms. The molecule has 2 heterocycles. The number of benzene rings is 1. The van der Waals surface area contributed by atoms with Gasteiger partial charge in [0.25, 0.3) is 0 Å². The third kappa shape index (κ3) is 5.27. The van der Waals surface area contributed by atoms with Crippen LogP contribution in [0.25, 0.3) is 5.69 Å². The summed E-state index contributed by atoms with van der Waals surface area (Å²) in [6, 6.07) is 4.61. The van der Waals surface area contributed by atoms with E-state index in [9.17, 15) is 8.78 Å². The summed E-state index contributed by atoms with van der Waals surface area (Å²) in [7, 11) is 0. The van der Waals surface area contributed by atoms with Crippen LogP contribution in [0.1, 0.15) is 24.3 Å². The zero-order valence-corrected chi connectivity index (χ0v) is 16.1. The number of rotatable bonds is 6. The van der Waals surface area contributed by atoms with Gasteiger partial charge in [-0.1, -0.05) is 16.8 Å². The number of nitrogens with zero attached hydrogens (tertiary/aromatic N) is 5. The summed E-state index contributed by atoms with van der Waals surface area (Å²) < 4.78 is 36.3. The Hall–Kier alpha value is -2.46. The molecule has 0 aliphatic heterocycles. The summed E-state index contributed by atoms with van der Waals surface area (Å²) in [5.74, 6) is -0.145. The normalized spacial score (nSPS) is 11.8. The van der Waals surface area contributed by atoms with Crippen LogP contribution in [0, 0.1) is 6.92 Å². The number of halogens is 3. The van der Waals surface area contributed by atoms with Crippen molar-refractivity contribution in [2.24, 2.45) is 0 Å². The highest BCUT2D eigenvalue weighted by atomic mass is 35.5. The minimum absolute atomic E-state index is 0. The van der Waals surface area contributed by atoms with Crippen molar-refractivity contribution in [3.8, 4) is 17.4 Å². The monoisotopic (exact) mass is 415 g/mol. The molecular weight excluding hydrogens is 400 g/mol. The maximum Gasteiger partial charge on any atom is 0.387 e. The average molecular weight is 416 g/mol. The zero-order chi connectivity index (χ0) is 18.7. The van der Waals surface area contributed by atoms with Gasteiger partial charge in [-0.15, -0.1) is 5.10 Å². The maximum absolute atomic E-state index is 12.4. The fraction of sp³-hybridized carbons (Fsp3) is 0.250. The second kappa shape index (κ2) is 8.96. The lowest BCUT2D eigenvalue weighted by molar-refractivity contribution is -0.0497. The fourth-order valence-electron chi connectivity index (χ4n) is 2.07. The van der Waals surface area contributed by atoms with Crippen LogP contribution in [-0.2, 0) is 0 Å². The summed E-state index contributed by atoms with van der Waals surface area (Å²) in [5.41, 5.74) is 1.89. The summed E-state index contributed by atoms with van der Waals surface area (Å²) in [5, 5.41) is 8.07. The number of aromatic nitrogens is 5. The molecule has 0 aliphatic rings. The average Bonchev–Trinajstić information content (AvgIpc) is 3.09. The van der Waals surface area contributed by atoms with Gasteiger partial charge >= 0.3 is 12.6 Å². The van der Waals surface area contributed by atoms with Crippen molar-refractivity contribution in [2.45, 2.75) is 26.6 Å². The smallest absolute Gasteiger partial charge is 0.387 e. The Morgan fingerprint density at radius 3 is 2.52 bits per heavy atom. The summed E-state index contributed by atoms with van der Waals surface area (Å²) in [6.45, 7) is 0.666. The van der Waals surface area contributed by atoms with E-state index in [0.717, 1.165) is 5.56 Å². The number of ether oxygens (including phenoxy) is 2. The Balaban J connectivity index is 0.00000261. The van der Waals surface area contributed by atoms with Gasteiger partial charge in [-0.3, -0.25) is 0 Å². The van der Waals surface area contributed by atoms with Crippen molar-refractivity contribution in [2.75, 3.05) is 0 Å². The van der Waals surface area contributed by atoms with E-state index in [-0.39, 0.29) is 30.3 Å². The van der Waals surface area contributed by atoms with E-state index in [1.807, 2.05) is 6.92 Å². The molecule has 1 atom stereocenters. The highest BCUT2D eigenvalue weighted by Crippen LogP contribution is 2.28. The molecule has 1 aromatic carbocycles. The molecule has 144 valence electrons. The van der Waals surface area contributed by atoms with Crippen LogP contribution in [0.3, 0.4) is 0 Å². The molecule has 7 nitrogen and oxygen atoms in total. The molecule has 27 heavy (non-hydrogen) atoms. The van der Waals surface area contributed by atoms with Crippen LogP contribution in [0.5, 0.6) is 11.8 Å². The van der Waals surface area contributed by atoms with Gasteiger partial charge in [0.05, 0.1) is 16.9 Å². The second-order valence-electron chi connectivity index (χ2n) is 5.38. The quantitative estimate of drug-likeness (QED) is 0.608. The number of hydrogen-bond donors (Lipinski definition) is 0. The highest BCUT2D eigenvalue weighted by Gasteiger charge is 2.15. The molecule has 0 spiro atoms. The van der Waals surface area contributed by atoms with Crippen molar-refractivity contribution < 1.29 is 18.3 Å². The minimum Gasteiger partial charge on any atom is -0.454 e. The van der Waals surface area contributed by atoms with Gasteiger partial charge in [-0.2, -0.15) is 22.3 Å². The van der Waals surface area contributed by atoms with Crippen LogP contribution in [-0.4, -0.2) is 31.6 Å². The number of aryl methyl sites for hydroxylation is 1. The molecule has 0 radical (unpaired) electrons. The van der Waals surface area contributed by atoms with Crippen LogP contribution in [0.2, 0.25) is 5.02 Å². The molecule has 2 aromatic heterocycles. The molecule has 0 bridgehead atoms. The Morgan fingerprint density at radius 1 is 1.15 bits per heavy atom. The van der Waals surface area contributed by atoms with Crippen LogP contribution >= 0.6 is 25.1 Å². The van der Waals surface area contributed by atoms with Crippen LogP contribution in [0.15, 0.2) is 36.8 Å². The first kappa shape index (κ1) is 20.8. The van der Waals surface area contributed by atoms with E-state index in [2.05, 4.69) is 25.0 Å². The molecule has 0 fully saturated rings. The van der Waals surface area contributed by atoms with Gasteiger partial charge < -0.3 is 9.47 Å². The molecule has 0 saturated heterocycles. The minimum atomic E-state index is -2.98. The number of alkyl halides is 2. The van der Waals surface area contributed by atoms with E-state index in [1.54, 1.807) is 31.6 Å². The molecule has 0 aliphatic carbocycles. The van der Waals surface area contributed by atoms with E-state index >= 15 is 0 Å². The Bertz CT molecular complexity index is 895. The first-order chi connectivity index (χ1) is 12.4. The lowest BCUT2D eigenvalue weighted by atomic mass is 10.3. The van der Waals surface area contributed by atoms with Crippen molar-refractivity contribution in [1.29, 1.82) is 0 Å². The van der Waals surface area contributed by atoms with E-state index in [1.165, 1.54) is 16.8 Å². The molecule has 0 N–H and O–H groups in total. The van der Waals surface area contributed by atoms with E-state index in [4.69, 9.17) is 16.3 Å². The predicted molar refractivity (Wildman–Crippen MR) is 99.2 cm³/mol. The van der Waals surface area contributed by atoms with Gasteiger partial charge in [0, 0.05) is 18.5 Å². The van der Waals surface area contributed by atoms with Gasteiger partial charge in [-0.05, 0) is 31.5 Å². The molecule has 3 aromatic rings. The Kier molecular flexibility index (Phi) is 6.92. The van der Waals surface area contributed by atoms with Crippen molar-refractivity contribution in [1.82, 2.24) is 25.0 Å². The maximum atomic E-state index is 12.4. The van der Waals surface area contributed by atoms with Gasteiger partial charge in [0.2, 0.25) is 0 Å². The zero-order valence-electron chi connectivity index (χ0n) is 14.3. The van der Waals surface area contributed by atoms with Gasteiger partial charge in [-0.25, -0.2) is 14.6 Å².